The first-order chi connectivity index (χ1) is 12.2. The summed E-state index contributed by atoms with van der Waals surface area (Å²) < 4.78 is 5.23. The lowest BCUT2D eigenvalue weighted by atomic mass is 9.89. The molecule has 3 rings (SSSR count). The summed E-state index contributed by atoms with van der Waals surface area (Å²) in [6, 6.07) is 8.38. The van der Waals surface area contributed by atoms with E-state index in [4.69, 9.17) is 4.74 Å². The quantitative estimate of drug-likeness (QED) is 0.786. The van der Waals surface area contributed by atoms with Crippen LogP contribution in [-0.2, 0) is 22.4 Å². The molecule has 2 aliphatic rings. The van der Waals surface area contributed by atoms with Crippen LogP contribution in [0.15, 0.2) is 24.3 Å². The molecule has 1 aliphatic heterocycles. The maximum absolute atomic E-state index is 13.2. The molecule has 1 heterocycles. The third-order valence-corrected chi connectivity index (χ3v) is 5.48. The third kappa shape index (κ3) is 4.05. The number of nitrogens with zero attached hydrogens (tertiary/aromatic N) is 1. The molecule has 25 heavy (non-hydrogen) atoms. The van der Waals surface area contributed by atoms with Crippen molar-refractivity contribution < 1.29 is 14.6 Å². The smallest absolute Gasteiger partial charge is 0.241 e. The predicted octanol–water partition coefficient (Wildman–Crippen LogP) is 1.52. The van der Waals surface area contributed by atoms with Gasteiger partial charge in [0.25, 0.3) is 0 Å². The minimum Gasteiger partial charge on any atom is -0.389 e. The van der Waals surface area contributed by atoms with Gasteiger partial charge in [-0.25, -0.2) is 0 Å². The average molecular weight is 346 g/mol. The summed E-state index contributed by atoms with van der Waals surface area (Å²) in [4.78, 5) is 15.6. The van der Waals surface area contributed by atoms with Gasteiger partial charge in [-0.2, -0.15) is 0 Å². The Morgan fingerprint density at radius 3 is 2.48 bits per heavy atom. The number of fused-ring (bicyclic) bond motifs is 1. The topological polar surface area (TPSA) is 61.8 Å². The van der Waals surface area contributed by atoms with Gasteiger partial charge in [0.15, 0.2) is 0 Å². The van der Waals surface area contributed by atoms with Crippen molar-refractivity contribution in [3.8, 4) is 0 Å². The summed E-state index contributed by atoms with van der Waals surface area (Å²) in [5.74, 6) is 0.0427. The molecule has 0 aromatic heterocycles. The van der Waals surface area contributed by atoms with Crippen molar-refractivity contribution in [3.05, 3.63) is 35.4 Å². The lowest BCUT2D eigenvalue weighted by Gasteiger charge is -2.42. The Labute approximate surface area is 150 Å². The largest absolute Gasteiger partial charge is 0.389 e. The molecule has 0 saturated carbocycles. The van der Waals surface area contributed by atoms with Crippen LogP contribution in [0.4, 0.5) is 0 Å². The Bertz CT molecular complexity index is 559. The van der Waals surface area contributed by atoms with Crippen molar-refractivity contribution in [3.63, 3.8) is 0 Å². The van der Waals surface area contributed by atoms with Gasteiger partial charge in [-0.3, -0.25) is 9.69 Å². The van der Waals surface area contributed by atoms with E-state index in [1.165, 1.54) is 17.5 Å². The second kappa shape index (κ2) is 8.30. The van der Waals surface area contributed by atoms with E-state index in [1.807, 2.05) is 6.92 Å². The zero-order chi connectivity index (χ0) is 17.7. The number of likely N-dealkylation sites (tertiary alicyclic amines) is 1. The van der Waals surface area contributed by atoms with Gasteiger partial charge in [-0.1, -0.05) is 30.7 Å². The van der Waals surface area contributed by atoms with Crippen molar-refractivity contribution in [2.75, 3.05) is 32.8 Å². The molecule has 1 amide bonds. The first kappa shape index (κ1) is 18.4. The van der Waals surface area contributed by atoms with Crippen LogP contribution < -0.4 is 5.32 Å². The normalized spacial score (nSPS) is 20.9. The molecule has 1 saturated heterocycles. The number of ether oxygens (including phenoxy) is 1. The van der Waals surface area contributed by atoms with Crippen molar-refractivity contribution >= 4 is 5.91 Å². The van der Waals surface area contributed by atoms with Crippen LogP contribution in [0.25, 0.3) is 0 Å². The van der Waals surface area contributed by atoms with E-state index < -0.39 is 11.6 Å². The Morgan fingerprint density at radius 1 is 1.24 bits per heavy atom. The number of carbonyl (C=O) groups is 1. The summed E-state index contributed by atoms with van der Waals surface area (Å²) >= 11 is 0. The van der Waals surface area contributed by atoms with Crippen LogP contribution in [0.1, 0.15) is 37.3 Å². The van der Waals surface area contributed by atoms with E-state index in [2.05, 4.69) is 34.5 Å². The molecule has 1 aromatic carbocycles. The van der Waals surface area contributed by atoms with Gasteiger partial charge in [-0.15, -0.1) is 0 Å². The zero-order valence-electron chi connectivity index (χ0n) is 15.2. The van der Waals surface area contributed by atoms with Crippen LogP contribution >= 0.6 is 0 Å². The van der Waals surface area contributed by atoms with Crippen LogP contribution in [0, 0.1) is 0 Å². The van der Waals surface area contributed by atoms with E-state index >= 15 is 0 Å². The maximum Gasteiger partial charge on any atom is 0.241 e. The number of aliphatic hydroxyl groups is 1. The number of hydrogen-bond acceptors (Lipinski definition) is 4. The Hall–Kier alpha value is -1.43. The molecule has 138 valence electrons. The van der Waals surface area contributed by atoms with E-state index in [9.17, 15) is 9.90 Å². The highest BCUT2D eigenvalue weighted by Gasteiger charge is 2.48. The average Bonchev–Trinajstić information content (AvgIpc) is 3.06. The lowest BCUT2D eigenvalue weighted by Crippen LogP contribution is -2.61. The molecule has 1 fully saturated rings. The second-order valence-corrected chi connectivity index (χ2v) is 7.22. The summed E-state index contributed by atoms with van der Waals surface area (Å²) in [5, 5.41) is 13.0. The summed E-state index contributed by atoms with van der Waals surface area (Å²) in [5.41, 5.74) is 2.05. The summed E-state index contributed by atoms with van der Waals surface area (Å²) in [7, 11) is 0. The number of benzene rings is 1. The molecular formula is C20H30N2O3. The van der Waals surface area contributed by atoms with Crippen LogP contribution in [0.3, 0.4) is 0 Å². The van der Waals surface area contributed by atoms with Gasteiger partial charge >= 0.3 is 0 Å². The fourth-order valence-electron chi connectivity index (χ4n) is 4.13. The number of hydrogen-bond donors (Lipinski definition) is 2. The summed E-state index contributed by atoms with van der Waals surface area (Å²) in [6.07, 6.45) is 4.41. The number of amides is 1. The van der Waals surface area contributed by atoms with Gasteiger partial charge in [0.2, 0.25) is 5.91 Å². The molecule has 0 bridgehead atoms. The van der Waals surface area contributed by atoms with Gasteiger partial charge in [0.05, 0.1) is 12.7 Å². The number of piperidine rings is 1. The molecule has 1 aliphatic carbocycles. The second-order valence-electron chi connectivity index (χ2n) is 7.22. The first-order valence-electron chi connectivity index (χ1n) is 9.51. The fourth-order valence-corrected chi connectivity index (χ4v) is 4.13. The molecular weight excluding hydrogens is 316 g/mol. The molecule has 0 unspecified atom stereocenters. The number of aliphatic hydroxyl groups excluding tert-OH is 1. The van der Waals surface area contributed by atoms with E-state index in [1.54, 1.807) is 0 Å². The zero-order valence-corrected chi connectivity index (χ0v) is 15.2. The molecule has 0 spiro atoms. The SMILES string of the molecule is CCOC[C@H](O)CNC(=O)C1(N2CCCCC2)Cc2ccccc2C1. The van der Waals surface area contributed by atoms with Gasteiger partial charge in [0.1, 0.15) is 5.54 Å². The standard InChI is InChI=1S/C20H30N2O3/c1-2-25-15-18(23)14-21-19(24)20(22-10-6-3-7-11-22)12-16-8-4-5-9-17(16)13-20/h4-5,8-9,18,23H,2-3,6-7,10-15H2,1H3,(H,21,24)/t18-/m1/s1. The number of nitrogens with one attached hydrogen (secondary N) is 1. The van der Waals surface area contributed by atoms with E-state index in [-0.39, 0.29) is 19.1 Å². The Kier molecular flexibility index (Phi) is 6.10. The maximum atomic E-state index is 13.2. The lowest BCUT2D eigenvalue weighted by molar-refractivity contribution is -0.134. The van der Waals surface area contributed by atoms with Crippen molar-refractivity contribution in [2.45, 2.75) is 50.7 Å². The Balaban J connectivity index is 1.72. The van der Waals surface area contributed by atoms with Crippen LogP contribution in [-0.4, -0.2) is 60.4 Å². The predicted molar refractivity (Wildman–Crippen MR) is 97.5 cm³/mol. The Morgan fingerprint density at radius 2 is 1.88 bits per heavy atom. The minimum atomic E-state index is -0.661. The van der Waals surface area contributed by atoms with Crippen molar-refractivity contribution in [1.82, 2.24) is 10.2 Å². The summed E-state index contributed by atoms with van der Waals surface area (Å²) in [6.45, 7) is 4.91. The van der Waals surface area contributed by atoms with E-state index in [0.717, 1.165) is 38.8 Å². The molecule has 5 nitrogen and oxygen atoms in total. The fraction of sp³-hybridized carbons (Fsp3) is 0.650. The first-order valence-corrected chi connectivity index (χ1v) is 9.51. The minimum absolute atomic E-state index is 0.0427. The highest BCUT2D eigenvalue weighted by atomic mass is 16.5. The number of rotatable bonds is 7. The highest BCUT2D eigenvalue weighted by Crippen LogP contribution is 2.36. The van der Waals surface area contributed by atoms with Crippen molar-refractivity contribution in [1.29, 1.82) is 0 Å². The molecule has 1 aromatic rings. The highest BCUT2D eigenvalue weighted by molar-refractivity contribution is 5.88. The monoisotopic (exact) mass is 346 g/mol. The van der Waals surface area contributed by atoms with Gasteiger partial charge in [-0.05, 0) is 44.0 Å². The van der Waals surface area contributed by atoms with Crippen LogP contribution in [0.2, 0.25) is 0 Å². The molecule has 0 radical (unpaired) electrons. The molecule has 2 N–H and O–H groups in total. The van der Waals surface area contributed by atoms with Gasteiger partial charge < -0.3 is 15.2 Å². The molecule has 5 heteroatoms. The van der Waals surface area contributed by atoms with E-state index in [0.29, 0.717) is 6.61 Å². The van der Waals surface area contributed by atoms with Crippen molar-refractivity contribution in [2.24, 2.45) is 0 Å². The van der Waals surface area contributed by atoms with Crippen LogP contribution in [0.5, 0.6) is 0 Å². The van der Waals surface area contributed by atoms with Gasteiger partial charge in [0, 0.05) is 26.0 Å². The third-order valence-electron chi connectivity index (χ3n) is 5.48. The number of carbonyl (C=O) groups excluding carboxylic acids is 1. The molecule has 1 atom stereocenters.